The van der Waals surface area contributed by atoms with E-state index in [2.05, 4.69) is 10.2 Å². The number of hydrogen-bond donors (Lipinski definition) is 1. The molecule has 0 atom stereocenters. The predicted molar refractivity (Wildman–Crippen MR) is 100 cm³/mol. The minimum Gasteiger partial charge on any atom is -0.457 e. The second-order valence-corrected chi connectivity index (χ2v) is 6.60. The zero-order chi connectivity index (χ0) is 18.2. The van der Waals surface area contributed by atoms with E-state index in [1.54, 1.807) is 36.4 Å². The summed E-state index contributed by atoms with van der Waals surface area (Å²) >= 11 is 0. The Hall–Kier alpha value is -2.40. The molecule has 2 aromatic rings. The highest BCUT2D eigenvalue weighted by atomic mass is 19.1. The van der Waals surface area contributed by atoms with Crippen LogP contribution >= 0.6 is 0 Å². The van der Waals surface area contributed by atoms with Gasteiger partial charge < -0.3 is 15.0 Å². The summed E-state index contributed by atoms with van der Waals surface area (Å²) in [4.78, 5) is 14.7. The monoisotopic (exact) mass is 356 g/mol. The van der Waals surface area contributed by atoms with Crippen molar-refractivity contribution in [3.05, 3.63) is 59.9 Å². The molecule has 1 aliphatic heterocycles. The fraction of sp³-hybridized carbons (Fsp3) is 0.381. The number of carbonyl (C=O) groups excluding carboxylic acids is 1. The van der Waals surface area contributed by atoms with E-state index in [4.69, 9.17) is 4.74 Å². The number of ether oxygens (including phenoxy) is 1. The third kappa shape index (κ3) is 5.56. The lowest BCUT2D eigenvalue weighted by atomic mass is 10.1. The van der Waals surface area contributed by atoms with E-state index in [0.29, 0.717) is 23.6 Å². The molecular weight excluding hydrogens is 331 g/mol. The minimum atomic E-state index is -0.344. The number of nitrogens with one attached hydrogen (secondary N) is 1. The maximum atomic E-state index is 13.2. The molecule has 3 rings (SSSR count). The van der Waals surface area contributed by atoms with Crippen LogP contribution in [-0.2, 0) is 0 Å². The van der Waals surface area contributed by atoms with Crippen LogP contribution in [0.3, 0.4) is 0 Å². The number of nitrogens with zero attached hydrogens (tertiary/aromatic N) is 1. The van der Waals surface area contributed by atoms with Gasteiger partial charge in [0, 0.05) is 18.2 Å². The van der Waals surface area contributed by atoms with Crippen LogP contribution in [0.5, 0.6) is 11.5 Å². The van der Waals surface area contributed by atoms with E-state index in [9.17, 15) is 9.18 Å². The second-order valence-electron chi connectivity index (χ2n) is 6.60. The molecule has 0 spiro atoms. The first-order valence-electron chi connectivity index (χ1n) is 9.25. The Labute approximate surface area is 154 Å². The molecule has 2 aromatic carbocycles. The molecule has 0 saturated carbocycles. The van der Waals surface area contributed by atoms with Crippen LogP contribution in [0.25, 0.3) is 0 Å². The van der Waals surface area contributed by atoms with Crippen molar-refractivity contribution < 1.29 is 13.9 Å². The highest BCUT2D eigenvalue weighted by Crippen LogP contribution is 2.22. The van der Waals surface area contributed by atoms with E-state index in [1.165, 1.54) is 44.5 Å². The molecule has 26 heavy (non-hydrogen) atoms. The summed E-state index contributed by atoms with van der Waals surface area (Å²) in [5.41, 5.74) is 0.592. The standard InChI is InChI=1S/C21H25FN2O2/c22-18-6-4-7-20(16-18)26-19-10-8-17(9-11-19)21(25)23-12-5-15-24-13-2-1-3-14-24/h4,6-11,16H,1-3,5,12-15H2,(H,23,25). The molecule has 0 aliphatic carbocycles. The molecule has 1 aliphatic rings. The number of hydrogen-bond acceptors (Lipinski definition) is 3. The average molecular weight is 356 g/mol. The SMILES string of the molecule is O=C(NCCCN1CCCCC1)c1ccc(Oc2cccc(F)c2)cc1. The second kappa shape index (κ2) is 9.34. The minimum absolute atomic E-state index is 0.0825. The van der Waals surface area contributed by atoms with Gasteiger partial charge in [-0.1, -0.05) is 12.5 Å². The van der Waals surface area contributed by atoms with Gasteiger partial charge in [0.1, 0.15) is 17.3 Å². The van der Waals surface area contributed by atoms with Crippen molar-refractivity contribution in [2.24, 2.45) is 0 Å². The van der Waals surface area contributed by atoms with Gasteiger partial charge in [-0.3, -0.25) is 4.79 Å². The third-order valence-corrected chi connectivity index (χ3v) is 4.53. The lowest BCUT2D eigenvalue weighted by molar-refractivity contribution is 0.0951. The van der Waals surface area contributed by atoms with Gasteiger partial charge in [-0.15, -0.1) is 0 Å². The Balaban J connectivity index is 1.43. The van der Waals surface area contributed by atoms with Crippen molar-refractivity contribution in [2.75, 3.05) is 26.2 Å². The molecule has 138 valence electrons. The fourth-order valence-electron chi connectivity index (χ4n) is 3.13. The molecular formula is C21H25FN2O2. The van der Waals surface area contributed by atoms with Crippen molar-refractivity contribution >= 4 is 5.91 Å². The normalized spacial score (nSPS) is 14.8. The molecule has 1 fully saturated rings. The van der Waals surface area contributed by atoms with E-state index in [-0.39, 0.29) is 11.7 Å². The Kier molecular flexibility index (Phi) is 6.61. The van der Waals surface area contributed by atoms with Crippen molar-refractivity contribution in [3.8, 4) is 11.5 Å². The highest BCUT2D eigenvalue weighted by Gasteiger charge is 2.10. The maximum absolute atomic E-state index is 13.2. The number of piperidine rings is 1. The molecule has 4 nitrogen and oxygen atoms in total. The lowest BCUT2D eigenvalue weighted by Crippen LogP contribution is -2.33. The summed E-state index contributed by atoms with van der Waals surface area (Å²) in [7, 11) is 0. The zero-order valence-corrected chi connectivity index (χ0v) is 14.9. The van der Waals surface area contributed by atoms with E-state index in [0.717, 1.165) is 13.0 Å². The van der Waals surface area contributed by atoms with Gasteiger partial charge in [0.2, 0.25) is 0 Å². The molecule has 1 heterocycles. The Morgan fingerprint density at radius 3 is 2.54 bits per heavy atom. The van der Waals surface area contributed by atoms with Crippen molar-refractivity contribution in [3.63, 3.8) is 0 Å². The van der Waals surface area contributed by atoms with Gasteiger partial charge in [0.05, 0.1) is 0 Å². The van der Waals surface area contributed by atoms with E-state index < -0.39 is 0 Å². The molecule has 0 aromatic heterocycles. The number of benzene rings is 2. The summed E-state index contributed by atoms with van der Waals surface area (Å²) in [6, 6.07) is 12.8. The van der Waals surface area contributed by atoms with Crippen LogP contribution < -0.4 is 10.1 Å². The Morgan fingerprint density at radius 2 is 1.81 bits per heavy atom. The van der Waals surface area contributed by atoms with Gasteiger partial charge in [-0.05, 0) is 75.3 Å². The summed E-state index contributed by atoms with van der Waals surface area (Å²) in [5.74, 6) is 0.571. The first kappa shape index (κ1) is 18.4. The van der Waals surface area contributed by atoms with E-state index >= 15 is 0 Å². The number of halogens is 1. The lowest BCUT2D eigenvalue weighted by Gasteiger charge is -2.26. The molecule has 5 heteroatoms. The quantitative estimate of drug-likeness (QED) is 0.755. The highest BCUT2D eigenvalue weighted by molar-refractivity contribution is 5.94. The van der Waals surface area contributed by atoms with Crippen molar-refractivity contribution in [2.45, 2.75) is 25.7 Å². The smallest absolute Gasteiger partial charge is 0.251 e. The zero-order valence-electron chi connectivity index (χ0n) is 14.9. The number of likely N-dealkylation sites (tertiary alicyclic amines) is 1. The van der Waals surface area contributed by atoms with Gasteiger partial charge in [0.15, 0.2) is 0 Å². The van der Waals surface area contributed by atoms with Crippen LogP contribution in [0, 0.1) is 5.82 Å². The first-order chi connectivity index (χ1) is 12.7. The molecule has 1 N–H and O–H groups in total. The summed E-state index contributed by atoms with van der Waals surface area (Å²) in [6.45, 7) is 4.08. The molecule has 0 unspecified atom stereocenters. The fourth-order valence-corrected chi connectivity index (χ4v) is 3.13. The van der Waals surface area contributed by atoms with Gasteiger partial charge in [-0.2, -0.15) is 0 Å². The van der Waals surface area contributed by atoms with Crippen LogP contribution in [0.2, 0.25) is 0 Å². The van der Waals surface area contributed by atoms with Crippen molar-refractivity contribution in [1.29, 1.82) is 0 Å². The molecule has 1 saturated heterocycles. The molecule has 1 amide bonds. The first-order valence-corrected chi connectivity index (χ1v) is 9.25. The average Bonchev–Trinajstić information content (AvgIpc) is 2.66. The van der Waals surface area contributed by atoms with Crippen molar-refractivity contribution in [1.82, 2.24) is 10.2 Å². The van der Waals surface area contributed by atoms with E-state index in [1.807, 2.05) is 0 Å². The summed E-state index contributed by atoms with van der Waals surface area (Å²) in [5, 5.41) is 2.96. The Morgan fingerprint density at radius 1 is 1.04 bits per heavy atom. The molecule has 0 bridgehead atoms. The topological polar surface area (TPSA) is 41.6 Å². The van der Waals surface area contributed by atoms with Crippen LogP contribution in [0.4, 0.5) is 4.39 Å². The number of carbonyl (C=O) groups is 1. The third-order valence-electron chi connectivity index (χ3n) is 4.53. The van der Waals surface area contributed by atoms with Gasteiger partial charge >= 0.3 is 0 Å². The Bertz CT molecular complexity index is 712. The van der Waals surface area contributed by atoms with Gasteiger partial charge in [0.25, 0.3) is 5.91 Å². The van der Waals surface area contributed by atoms with Crippen LogP contribution in [-0.4, -0.2) is 37.0 Å². The van der Waals surface area contributed by atoms with Crippen LogP contribution in [0.1, 0.15) is 36.0 Å². The largest absolute Gasteiger partial charge is 0.457 e. The molecule has 0 radical (unpaired) electrons. The maximum Gasteiger partial charge on any atom is 0.251 e. The predicted octanol–water partition coefficient (Wildman–Crippen LogP) is 4.22. The number of rotatable bonds is 7. The summed E-state index contributed by atoms with van der Waals surface area (Å²) < 4.78 is 18.8. The van der Waals surface area contributed by atoms with Crippen LogP contribution in [0.15, 0.2) is 48.5 Å². The van der Waals surface area contributed by atoms with Gasteiger partial charge in [-0.25, -0.2) is 4.39 Å². The number of amides is 1. The summed E-state index contributed by atoms with van der Waals surface area (Å²) in [6.07, 6.45) is 4.88.